The molecule has 0 radical (unpaired) electrons. The number of aromatic hydroxyl groups is 1. The van der Waals surface area contributed by atoms with Gasteiger partial charge in [-0.2, -0.15) is 8.78 Å². The molecule has 0 aliphatic carbocycles. The third-order valence-electron chi connectivity index (χ3n) is 3.78. The SMILES string of the molecule is C[n+]1ccc(/C=C/c2c(F)c(F)c(O)c(F)c2F)c2ccccc21. The molecule has 3 aromatic rings. The predicted octanol–water partition coefficient (Wildman–Crippen LogP) is 4.10. The van der Waals surface area contributed by atoms with Crippen molar-refractivity contribution in [3.8, 4) is 5.75 Å². The number of aryl methyl sites for hydroxylation is 1. The molecule has 1 N–H and O–H groups in total. The molecule has 122 valence electrons. The van der Waals surface area contributed by atoms with Gasteiger partial charge in [0.15, 0.2) is 23.6 Å². The Morgan fingerprint density at radius 2 is 1.50 bits per heavy atom. The van der Waals surface area contributed by atoms with Crippen LogP contribution in [-0.4, -0.2) is 5.11 Å². The van der Waals surface area contributed by atoms with Crippen LogP contribution in [0.3, 0.4) is 0 Å². The molecule has 6 heteroatoms. The molecule has 0 aliphatic rings. The molecule has 2 aromatic carbocycles. The number of phenols is 1. The van der Waals surface area contributed by atoms with Crippen molar-refractivity contribution in [2.24, 2.45) is 7.05 Å². The number of aromatic nitrogens is 1. The summed E-state index contributed by atoms with van der Waals surface area (Å²) in [6, 6.07) is 9.05. The van der Waals surface area contributed by atoms with Crippen LogP contribution >= 0.6 is 0 Å². The second-order valence-electron chi connectivity index (χ2n) is 5.25. The lowest BCUT2D eigenvalue weighted by Crippen LogP contribution is -2.28. The zero-order valence-corrected chi connectivity index (χ0v) is 12.5. The number of para-hydroxylation sites is 1. The molecule has 0 atom stereocenters. The molecule has 0 saturated carbocycles. The standard InChI is InChI=1S/C18H11F4NO/c1-23-9-8-10(11-4-2-3-5-13(11)23)6-7-12-14(19)16(21)18(24)17(22)15(12)20/h2-9H,1H3/p+1. The number of phenolic OH excluding ortho intramolecular Hbond substituents is 1. The van der Waals surface area contributed by atoms with Crippen LogP contribution in [0.4, 0.5) is 17.6 Å². The Kier molecular flexibility index (Phi) is 3.97. The summed E-state index contributed by atoms with van der Waals surface area (Å²) < 4.78 is 56.2. The predicted molar refractivity (Wildman–Crippen MR) is 82.0 cm³/mol. The number of fused-ring (bicyclic) bond motifs is 1. The average molecular weight is 334 g/mol. The van der Waals surface area contributed by atoms with Gasteiger partial charge < -0.3 is 5.11 Å². The van der Waals surface area contributed by atoms with Gasteiger partial charge in [0, 0.05) is 12.1 Å². The molecule has 24 heavy (non-hydrogen) atoms. The summed E-state index contributed by atoms with van der Waals surface area (Å²) in [6.45, 7) is 0. The molecule has 0 bridgehead atoms. The number of nitrogens with zero attached hydrogens (tertiary/aromatic N) is 1. The fourth-order valence-corrected chi connectivity index (χ4v) is 2.49. The second kappa shape index (κ2) is 5.96. The normalized spacial score (nSPS) is 11.5. The molecule has 0 spiro atoms. The van der Waals surface area contributed by atoms with Crippen molar-refractivity contribution in [3.63, 3.8) is 0 Å². The summed E-state index contributed by atoms with van der Waals surface area (Å²) in [6.07, 6.45) is 4.06. The topological polar surface area (TPSA) is 24.1 Å². The summed E-state index contributed by atoms with van der Waals surface area (Å²) in [5, 5.41) is 9.80. The summed E-state index contributed by atoms with van der Waals surface area (Å²) in [5.74, 6) is -8.60. The summed E-state index contributed by atoms with van der Waals surface area (Å²) in [5.41, 5.74) is 0.611. The maximum atomic E-state index is 13.8. The molecule has 2 nitrogen and oxygen atoms in total. The van der Waals surface area contributed by atoms with Crippen LogP contribution in [0.2, 0.25) is 0 Å². The van der Waals surface area contributed by atoms with Gasteiger partial charge in [-0.3, -0.25) is 0 Å². The van der Waals surface area contributed by atoms with Crippen LogP contribution in [0.1, 0.15) is 11.1 Å². The Hall–Kier alpha value is -2.89. The van der Waals surface area contributed by atoms with Crippen molar-refractivity contribution in [3.05, 3.63) is 70.9 Å². The van der Waals surface area contributed by atoms with Gasteiger partial charge in [-0.15, -0.1) is 0 Å². The smallest absolute Gasteiger partial charge is 0.212 e. The highest BCUT2D eigenvalue weighted by atomic mass is 19.2. The summed E-state index contributed by atoms with van der Waals surface area (Å²) >= 11 is 0. The first-order valence-corrected chi connectivity index (χ1v) is 7.02. The van der Waals surface area contributed by atoms with Gasteiger partial charge in [0.2, 0.25) is 17.2 Å². The Morgan fingerprint density at radius 1 is 0.875 bits per heavy atom. The minimum atomic E-state index is -1.82. The van der Waals surface area contributed by atoms with Crippen LogP contribution in [0.15, 0.2) is 36.5 Å². The van der Waals surface area contributed by atoms with E-state index in [0.717, 1.165) is 17.0 Å². The van der Waals surface area contributed by atoms with Crippen molar-refractivity contribution in [1.82, 2.24) is 0 Å². The maximum Gasteiger partial charge on any atom is 0.212 e. The van der Waals surface area contributed by atoms with E-state index in [4.69, 9.17) is 5.11 Å². The van der Waals surface area contributed by atoms with E-state index in [-0.39, 0.29) is 0 Å². The largest absolute Gasteiger partial charge is 0.503 e. The summed E-state index contributed by atoms with van der Waals surface area (Å²) in [7, 11) is 1.85. The van der Waals surface area contributed by atoms with Crippen molar-refractivity contribution >= 4 is 23.1 Å². The fraction of sp³-hybridized carbons (Fsp3) is 0.0556. The monoisotopic (exact) mass is 334 g/mol. The van der Waals surface area contributed by atoms with Gasteiger partial charge in [0.25, 0.3) is 0 Å². The van der Waals surface area contributed by atoms with E-state index in [1.54, 1.807) is 18.3 Å². The van der Waals surface area contributed by atoms with Crippen molar-refractivity contribution in [2.75, 3.05) is 0 Å². The molecule has 0 fully saturated rings. The quantitative estimate of drug-likeness (QED) is 0.426. The number of rotatable bonds is 2. The minimum Gasteiger partial charge on any atom is -0.503 e. The van der Waals surface area contributed by atoms with Gasteiger partial charge in [-0.25, -0.2) is 13.3 Å². The van der Waals surface area contributed by atoms with Crippen molar-refractivity contribution in [2.45, 2.75) is 0 Å². The van der Waals surface area contributed by atoms with Crippen LogP contribution in [0, 0.1) is 23.3 Å². The van der Waals surface area contributed by atoms with E-state index in [1.165, 1.54) is 6.08 Å². The molecule has 1 aromatic heterocycles. The van der Waals surface area contributed by atoms with Crippen LogP contribution < -0.4 is 4.57 Å². The van der Waals surface area contributed by atoms with E-state index in [0.29, 0.717) is 5.56 Å². The molecule has 0 amide bonds. The van der Waals surface area contributed by atoms with Crippen LogP contribution in [0.5, 0.6) is 5.75 Å². The lowest BCUT2D eigenvalue weighted by Gasteiger charge is -2.05. The molecule has 1 heterocycles. The lowest BCUT2D eigenvalue weighted by molar-refractivity contribution is -0.644. The molecule has 3 rings (SSSR count). The first-order valence-electron chi connectivity index (χ1n) is 7.02. The van der Waals surface area contributed by atoms with E-state index in [1.807, 2.05) is 29.8 Å². The zero-order valence-electron chi connectivity index (χ0n) is 12.5. The average Bonchev–Trinajstić information content (AvgIpc) is 2.60. The third kappa shape index (κ3) is 2.50. The van der Waals surface area contributed by atoms with E-state index in [9.17, 15) is 17.6 Å². The van der Waals surface area contributed by atoms with Gasteiger partial charge in [0.05, 0.1) is 10.9 Å². The van der Waals surface area contributed by atoms with Crippen molar-refractivity contribution in [1.29, 1.82) is 0 Å². The number of hydrogen-bond donors (Lipinski definition) is 1. The molecular formula is C18H12F4NO+. The third-order valence-corrected chi connectivity index (χ3v) is 3.78. The number of hydrogen-bond acceptors (Lipinski definition) is 1. The molecule has 0 aliphatic heterocycles. The Morgan fingerprint density at radius 3 is 2.17 bits per heavy atom. The van der Waals surface area contributed by atoms with Crippen LogP contribution in [-0.2, 0) is 7.05 Å². The Labute approximate surface area is 134 Å². The minimum absolute atomic E-state index is 0.622. The Balaban J connectivity index is 2.16. The highest BCUT2D eigenvalue weighted by Gasteiger charge is 2.23. The molecular weight excluding hydrogens is 322 g/mol. The molecule has 0 saturated heterocycles. The zero-order chi connectivity index (χ0) is 17.4. The Bertz CT molecular complexity index is 953. The van der Waals surface area contributed by atoms with E-state index >= 15 is 0 Å². The van der Waals surface area contributed by atoms with Crippen molar-refractivity contribution < 1.29 is 27.2 Å². The van der Waals surface area contributed by atoms with Gasteiger partial charge in [0.1, 0.15) is 7.05 Å². The highest BCUT2D eigenvalue weighted by Crippen LogP contribution is 2.30. The number of benzene rings is 2. The number of halogens is 4. The highest BCUT2D eigenvalue weighted by molar-refractivity contribution is 5.88. The van der Waals surface area contributed by atoms with Gasteiger partial charge in [-0.1, -0.05) is 18.2 Å². The van der Waals surface area contributed by atoms with Gasteiger partial charge in [-0.05, 0) is 17.7 Å². The van der Waals surface area contributed by atoms with E-state index < -0.39 is 34.6 Å². The summed E-state index contributed by atoms with van der Waals surface area (Å²) in [4.78, 5) is 0. The maximum absolute atomic E-state index is 13.8. The van der Waals surface area contributed by atoms with Gasteiger partial charge >= 0.3 is 0 Å². The number of pyridine rings is 1. The lowest BCUT2D eigenvalue weighted by atomic mass is 10.1. The van der Waals surface area contributed by atoms with Crippen LogP contribution in [0.25, 0.3) is 23.1 Å². The van der Waals surface area contributed by atoms with E-state index in [2.05, 4.69) is 0 Å². The first kappa shape index (κ1) is 16.0. The molecule has 0 unspecified atom stereocenters. The second-order valence-corrected chi connectivity index (χ2v) is 5.25. The fourth-order valence-electron chi connectivity index (χ4n) is 2.49. The first-order chi connectivity index (χ1) is 11.4.